The topological polar surface area (TPSA) is 0 Å². The van der Waals surface area contributed by atoms with Crippen LogP contribution in [0.3, 0.4) is 0 Å². The molecule has 0 saturated heterocycles. The molecule has 0 heterocycles. The monoisotopic (exact) mass is 1110 g/mol. The van der Waals surface area contributed by atoms with Gasteiger partial charge in [-0.1, -0.05) is 207 Å². The molecule has 0 aromatic rings. The standard InChI is InChI=1S/C7HBr13/c8-1-2(9,10)4(13,14)6(17,18)7(19,20)5(15,16)3(1,11)12/h1H. The summed E-state index contributed by atoms with van der Waals surface area (Å²) in [5.74, 6) is 0. The van der Waals surface area contributed by atoms with Crippen molar-refractivity contribution >= 4 is 207 Å². The van der Waals surface area contributed by atoms with Gasteiger partial charge in [0.25, 0.3) is 0 Å². The van der Waals surface area contributed by atoms with E-state index in [-0.39, 0.29) is 4.83 Å². The molecule has 1 rings (SSSR count). The second-order valence-corrected chi connectivity index (χ2v) is 25.7. The van der Waals surface area contributed by atoms with Crippen LogP contribution in [0.25, 0.3) is 0 Å². The molecule has 1 fully saturated rings. The lowest BCUT2D eigenvalue weighted by Crippen LogP contribution is -2.59. The van der Waals surface area contributed by atoms with Crippen LogP contribution in [0.15, 0.2) is 0 Å². The second-order valence-electron chi connectivity index (χ2n) is 3.91. The first-order valence-electron chi connectivity index (χ1n) is 4.31. The van der Waals surface area contributed by atoms with Crippen LogP contribution in [0.1, 0.15) is 0 Å². The van der Waals surface area contributed by atoms with Crippen LogP contribution < -0.4 is 0 Å². The highest BCUT2D eigenvalue weighted by molar-refractivity contribution is 9.36. The van der Waals surface area contributed by atoms with Gasteiger partial charge in [-0.15, -0.1) is 0 Å². The third-order valence-corrected chi connectivity index (χ3v) is 31.0. The SMILES string of the molecule is BrC1C(Br)(Br)C(Br)(Br)C(Br)(Br)C(Br)(Br)C(Br)(Br)C1(Br)Br. The smallest absolute Gasteiger partial charge is 0.0839 e. The molecule has 0 nitrogen and oxygen atoms in total. The predicted octanol–water partition coefficient (Wildman–Crippen LogP) is 9.68. The Kier molecular flexibility index (Phi) is 8.80. The first-order valence-corrected chi connectivity index (χ1v) is 14.7. The maximum Gasteiger partial charge on any atom is 0.135 e. The van der Waals surface area contributed by atoms with E-state index < -0.39 is 19.4 Å². The summed E-state index contributed by atoms with van der Waals surface area (Å²) >= 11 is 48.9. The quantitative estimate of drug-likeness (QED) is 0.168. The van der Waals surface area contributed by atoms with Crippen molar-refractivity contribution < 1.29 is 0 Å². The van der Waals surface area contributed by atoms with Gasteiger partial charge in [-0.2, -0.15) is 0 Å². The number of alkyl halides is 13. The van der Waals surface area contributed by atoms with Crippen LogP contribution in [0.2, 0.25) is 0 Å². The molecule has 0 atom stereocenters. The molecule has 0 amide bonds. The second kappa shape index (κ2) is 7.25. The van der Waals surface area contributed by atoms with Crippen molar-refractivity contribution in [3.05, 3.63) is 0 Å². The molecule has 1 aliphatic rings. The minimum absolute atomic E-state index is 0.161. The van der Waals surface area contributed by atoms with Crippen LogP contribution in [0, 0.1) is 0 Å². The van der Waals surface area contributed by atoms with Gasteiger partial charge in [0.1, 0.15) is 19.4 Å². The van der Waals surface area contributed by atoms with E-state index in [1.807, 2.05) is 0 Å². The molecule has 20 heavy (non-hydrogen) atoms. The highest BCUT2D eigenvalue weighted by Crippen LogP contribution is 2.79. The summed E-state index contributed by atoms with van der Waals surface area (Å²) in [5, 5.41) is 0. The molecule has 0 N–H and O–H groups in total. The Hall–Kier alpha value is 6.24. The molecule has 0 spiro atoms. The van der Waals surface area contributed by atoms with Crippen molar-refractivity contribution in [2.45, 2.75) is 24.2 Å². The lowest BCUT2D eigenvalue weighted by Gasteiger charge is -2.49. The lowest BCUT2D eigenvalue weighted by molar-refractivity contribution is 0.688. The third kappa shape index (κ3) is 3.27. The summed E-state index contributed by atoms with van der Waals surface area (Å²) in [6.45, 7) is 0. The van der Waals surface area contributed by atoms with Gasteiger partial charge in [-0.05, 0) is 0 Å². The summed E-state index contributed by atoms with van der Waals surface area (Å²) in [7, 11) is 0. The summed E-state index contributed by atoms with van der Waals surface area (Å²) in [5.41, 5.74) is 0. The summed E-state index contributed by atoms with van der Waals surface area (Å²) in [4.78, 5) is -0.161. The molecule has 120 valence electrons. The van der Waals surface area contributed by atoms with Crippen LogP contribution in [-0.4, -0.2) is 24.2 Å². The average molecular weight is 1120 g/mol. The average Bonchev–Trinajstić information content (AvgIpc) is 2.25. The number of rotatable bonds is 0. The largest absolute Gasteiger partial charge is 0.135 e. The molecule has 1 saturated carbocycles. The lowest BCUT2D eigenvalue weighted by atomic mass is 10.2. The Morgan fingerprint density at radius 2 is 0.600 bits per heavy atom. The maximum atomic E-state index is 3.76. The van der Waals surface area contributed by atoms with E-state index in [4.69, 9.17) is 0 Å². The van der Waals surface area contributed by atoms with E-state index in [9.17, 15) is 0 Å². The molecule has 1 aliphatic carbocycles. The van der Waals surface area contributed by atoms with Crippen LogP contribution in [0.5, 0.6) is 0 Å². The van der Waals surface area contributed by atoms with Crippen molar-refractivity contribution in [3.63, 3.8) is 0 Å². The van der Waals surface area contributed by atoms with Crippen LogP contribution >= 0.6 is 207 Å². The van der Waals surface area contributed by atoms with E-state index in [0.717, 1.165) is 0 Å². The van der Waals surface area contributed by atoms with Gasteiger partial charge < -0.3 is 0 Å². The zero-order valence-electron chi connectivity index (χ0n) is 8.49. The fourth-order valence-corrected chi connectivity index (χ4v) is 15.9. The van der Waals surface area contributed by atoms with Crippen molar-refractivity contribution in [2.75, 3.05) is 0 Å². The molecule has 0 bridgehead atoms. The van der Waals surface area contributed by atoms with Crippen molar-refractivity contribution in [1.29, 1.82) is 0 Å². The molecular weight excluding hydrogens is 1120 g/mol. The molecule has 0 aromatic heterocycles. The van der Waals surface area contributed by atoms with Gasteiger partial charge in [0.2, 0.25) is 0 Å². The maximum absolute atomic E-state index is 3.76. The van der Waals surface area contributed by atoms with Gasteiger partial charge in [0, 0.05) is 0 Å². The Bertz CT molecular complexity index is 369. The molecule has 0 unspecified atom stereocenters. The van der Waals surface area contributed by atoms with E-state index in [1.165, 1.54) is 0 Å². The first kappa shape index (κ1) is 24.3. The number of hydrogen-bond donors (Lipinski definition) is 0. The number of halogens is 13. The summed E-state index contributed by atoms with van der Waals surface area (Å²) in [6, 6.07) is 0. The fourth-order valence-electron chi connectivity index (χ4n) is 1.36. The zero-order valence-corrected chi connectivity index (χ0v) is 29.1. The Balaban J connectivity index is 3.83. The third-order valence-electron chi connectivity index (χ3n) is 2.66. The van der Waals surface area contributed by atoms with Gasteiger partial charge in [0.05, 0.1) is 4.83 Å². The Morgan fingerprint density at radius 3 is 0.800 bits per heavy atom. The fraction of sp³-hybridized carbons (Fsp3) is 1.00. The van der Waals surface area contributed by atoms with E-state index >= 15 is 0 Å². The van der Waals surface area contributed by atoms with Gasteiger partial charge >= 0.3 is 0 Å². The minimum atomic E-state index is -0.727. The highest BCUT2D eigenvalue weighted by atomic mass is 79.9. The molecule has 13 heteroatoms. The normalized spacial score (nSPS) is 33.5. The summed E-state index contributed by atoms with van der Waals surface area (Å²) in [6.07, 6.45) is 0. The zero-order chi connectivity index (χ0) is 16.6. The first-order chi connectivity index (χ1) is 8.40. The molecular formula is C7HBr13. The summed E-state index contributed by atoms with van der Waals surface area (Å²) < 4.78 is -4.12. The minimum Gasteiger partial charge on any atom is -0.0839 e. The van der Waals surface area contributed by atoms with E-state index in [0.29, 0.717) is 0 Å². The number of hydrogen-bond acceptors (Lipinski definition) is 0. The highest BCUT2D eigenvalue weighted by Gasteiger charge is 2.80. The van der Waals surface area contributed by atoms with Crippen molar-refractivity contribution in [1.82, 2.24) is 0 Å². The van der Waals surface area contributed by atoms with Crippen LogP contribution in [-0.2, 0) is 0 Å². The Labute approximate surface area is 226 Å². The molecule has 0 radical (unpaired) electrons. The molecule has 0 aliphatic heterocycles. The van der Waals surface area contributed by atoms with Crippen molar-refractivity contribution in [3.8, 4) is 0 Å². The van der Waals surface area contributed by atoms with E-state index in [1.54, 1.807) is 0 Å². The van der Waals surface area contributed by atoms with Gasteiger partial charge in [-0.25, -0.2) is 0 Å². The van der Waals surface area contributed by atoms with Crippen LogP contribution in [0.4, 0.5) is 0 Å². The van der Waals surface area contributed by atoms with Gasteiger partial charge in [-0.3, -0.25) is 0 Å². The molecule has 0 aromatic carbocycles. The van der Waals surface area contributed by atoms with E-state index in [2.05, 4.69) is 207 Å². The van der Waals surface area contributed by atoms with Gasteiger partial charge in [0.15, 0.2) is 0 Å². The Morgan fingerprint density at radius 1 is 0.400 bits per heavy atom. The predicted molar refractivity (Wildman–Crippen MR) is 136 cm³/mol. The van der Waals surface area contributed by atoms with Crippen molar-refractivity contribution in [2.24, 2.45) is 0 Å².